The number of likely N-dealkylation sites (tertiary alicyclic amines) is 1. The highest BCUT2D eigenvalue weighted by molar-refractivity contribution is 7.80. The molecule has 0 aromatic rings. The van der Waals surface area contributed by atoms with Gasteiger partial charge in [0.1, 0.15) is 0 Å². The van der Waals surface area contributed by atoms with Crippen LogP contribution in [0, 0.1) is 5.92 Å². The van der Waals surface area contributed by atoms with E-state index in [1.54, 1.807) is 0 Å². The summed E-state index contributed by atoms with van der Waals surface area (Å²) in [7, 11) is 8.44. The first-order valence-corrected chi connectivity index (χ1v) is 7.12. The van der Waals surface area contributed by atoms with Gasteiger partial charge < -0.3 is 10.6 Å². The van der Waals surface area contributed by atoms with Gasteiger partial charge in [0.05, 0.1) is 12.8 Å². The molecule has 4 atom stereocenters. The average molecular weight is 250 g/mol. The molecule has 2 fully saturated rings. The molecule has 0 amide bonds. The lowest BCUT2D eigenvalue weighted by atomic mass is 9.60. The van der Waals surface area contributed by atoms with Crippen molar-refractivity contribution in [2.24, 2.45) is 11.7 Å². The Bertz CT molecular complexity index is 306. The summed E-state index contributed by atoms with van der Waals surface area (Å²) >= 11 is 5.42. The molecule has 2 radical (unpaired) electrons. The maximum atomic E-state index is 6.39. The fourth-order valence-corrected chi connectivity index (χ4v) is 3.80. The molecule has 1 heterocycles. The Hall–Kier alpha value is -0.0851. The molecule has 2 nitrogen and oxygen atoms in total. The summed E-state index contributed by atoms with van der Waals surface area (Å²) in [5, 5.41) is -0.0824. The van der Waals surface area contributed by atoms with Gasteiger partial charge >= 0.3 is 0 Å². The topological polar surface area (TPSA) is 29.3 Å². The summed E-state index contributed by atoms with van der Waals surface area (Å²) in [6.07, 6.45) is 6.54. The van der Waals surface area contributed by atoms with Crippen molar-refractivity contribution in [3.05, 3.63) is 0 Å². The highest BCUT2D eigenvalue weighted by Crippen LogP contribution is 2.41. The Kier molecular flexibility index (Phi) is 3.84. The predicted octanol–water partition coefficient (Wildman–Crippen LogP) is 2.27. The second-order valence-electron chi connectivity index (χ2n) is 6.19. The zero-order valence-electron chi connectivity index (χ0n) is 11.0. The van der Waals surface area contributed by atoms with Gasteiger partial charge in [-0.05, 0) is 31.6 Å². The van der Waals surface area contributed by atoms with Crippen LogP contribution in [0.3, 0.4) is 0 Å². The molecule has 0 aromatic heterocycles. The minimum atomic E-state index is -0.0824. The molecule has 0 bridgehead atoms. The Balaban J connectivity index is 2.14. The van der Waals surface area contributed by atoms with Crippen molar-refractivity contribution in [2.45, 2.75) is 62.8 Å². The predicted molar refractivity (Wildman–Crippen MR) is 77.4 cm³/mol. The molecule has 2 N–H and O–H groups in total. The van der Waals surface area contributed by atoms with E-state index in [-0.39, 0.29) is 11.4 Å². The third-order valence-electron chi connectivity index (χ3n) is 4.58. The van der Waals surface area contributed by atoms with Crippen molar-refractivity contribution in [2.75, 3.05) is 7.05 Å². The highest BCUT2D eigenvalue weighted by atomic mass is 32.1. The fourth-order valence-electron chi connectivity index (χ4n) is 3.55. The second kappa shape index (κ2) is 4.89. The monoisotopic (exact) mass is 250 g/mol. The van der Waals surface area contributed by atoms with Crippen LogP contribution in [-0.2, 0) is 0 Å². The van der Waals surface area contributed by atoms with Gasteiger partial charge in [0.25, 0.3) is 0 Å². The van der Waals surface area contributed by atoms with Gasteiger partial charge in [-0.2, -0.15) is 0 Å². The highest BCUT2D eigenvalue weighted by Gasteiger charge is 2.38. The van der Waals surface area contributed by atoms with Crippen molar-refractivity contribution in [3.8, 4) is 0 Å². The molecule has 4 unspecified atom stereocenters. The van der Waals surface area contributed by atoms with E-state index in [4.69, 9.17) is 25.8 Å². The van der Waals surface area contributed by atoms with Crippen LogP contribution in [0.4, 0.5) is 0 Å². The van der Waals surface area contributed by atoms with Crippen molar-refractivity contribution in [1.29, 1.82) is 0 Å². The lowest BCUT2D eigenvalue weighted by molar-refractivity contribution is 0.151. The molecule has 1 saturated carbocycles. The number of nitrogens with zero attached hydrogens (tertiary/aromatic N) is 1. The Morgan fingerprint density at radius 2 is 2.18 bits per heavy atom. The van der Waals surface area contributed by atoms with Gasteiger partial charge in [-0.15, -0.1) is 0 Å². The van der Waals surface area contributed by atoms with E-state index in [9.17, 15) is 0 Å². The number of nitrogens with two attached hydrogens (primary N) is 1. The van der Waals surface area contributed by atoms with Crippen LogP contribution in [0.5, 0.6) is 0 Å². The first-order valence-electron chi connectivity index (χ1n) is 6.71. The quantitative estimate of drug-likeness (QED) is 0.528. The van der Waals surface area contributed by atoms with Crippen molar-refractivity contribution >= 4 is 25.1 Å². The van der Waals surface area contributed by atoms with E-state index < -0.39 is 0 Å². The SMILES string of the molecule is [B]C1(C)CCCC2C(CCC(=S)N2C)C(N)C1. The summed E-state index contributed by atoms with van der Waals surface area (Å²) in [4.78, 5) is 3.40. The molecule has 1 aliphatic heterocycles. The molecular formula is C13H23BN2S. The molecule has 2 rings (SSSR count). The van der Waals surface area contributed by atoms with Crippen LogP contribution in [0.2, 0.25) is 5.31 Å². The molecule has 2 aliphatic rings. The zero-order valence-corrected chi connectivity index (χ0v) is 11.8. The lowest BCUT2D eigenvalue weighted by Gasteiger charge is -2.47. The van der Waals surface area contributed by atoms with Crippen LogP contribution >= 0.6 is 12.2 Å². The van der Waals surface area contributed by atoms with Crippen LogP contribution in [-0.4, -0.2) is 36.9 Å². The van der Waals surface area contributed by atoms with Gasteiger partial charge in [0.15, 0.2) is 0 Å². The van der Waals surface area contributed by atoms with Gasteiger partial charge in [0.2, 0.25) is 0 Å². The standard InChI is InChI=1S/C13H23BN2S/c1-13(14)7-3-4-11-9(10(15)8-13)5-6-12(17)16(11)2/h9-11H,3-8,15H2,1-2H3. The Labute approximate surface area is 112 Å². The van der Waals surface area contributed by atoms with E-state index in [1.807, 2.05) is 0 Å². The van der Waals surface area contributed by atoms with Crippen LogP contribution in [0.15, 0.2) is 0 Å². The molecule has 17 heavy (non-hydrogen) atoms. The number of rotatable bonds is 0. The van der Waals surface area contributed by atoms with Crippen molar-refractivity contribution in [3.63, 3.8) is 0 Å². The number of hydrogen-bond acceptors (Lipinski definition) is 2. The average Bonchev–Trinajstić information content (AvgIpc) is 2.21. The van der Waals surface area contributed by atoms with Gasteiger partial charge in [-0.1, -0.05) is 37.3 Å². The Morgan fingerprint density at radius 3 is 2.88 bits per heavy atom. The van der Waals surface area contributed by atoms with Gasteiger partial charge in [-0.25, -0.2) is 0 Å². The molecular weight excluding hydrogens is 227 g/mol. The minimum Gasteiger partial charge on any atom is -0.366 e. The van der Waals surface area contributed by atoms with E-state index in [0.717, 1.165) is 30.7 Å². The van der Waals surface area contributed by atoms with Crippen LogP contribution in [0.1, 0.15) is 45.4 Å². The lowest BCUT2D eigenvalue weighted by Crippen LogP contribution is -2.53. The molecule has 0 aromatic carbocycles. The first kappa shape index (κ1) is 13.3. The number of hydrogen-bond donors (Lipinski definition) is 1. The summed E-state index contributed by atoms with van der Waals surface area (Å²) in [5.41, 5.74) is 6.39. The smallest absolute Gasteiger partial charge is 0.0779 e. The molecule has 1 saturated heterocycles. The summed E-state index contributed by atoms with van der Waals surface area (Å²) in [6, 6.07) is 0.767. The Morgan fingerprint density at radius 1 is 1.47 bits per heavy atom. The first-order chi connectivity index (χ1) is 7.91. The maximum Gasteiger partial charge on any atom is 0.0779 e. The van der Waals surface area contributed by atoms with Crippen LogP contribution < -0.4 is 5.73 Å². The van der Waals surface area contributed by atoms with Crippen molar-refractivity contribution in [1.82, 2.24) is 4.90 Å². The summed E-state index contributed by atoms with van der Waals surface area (Å²) in [5.74, 6) is 0.565. The molecule has 1 aliphatic carbocycles. The van der Waals surface area contributed by atoms with Crippen molar-refractivity contribution < 1.29 is 0 Å². The summed E-state index contributed by atoms with van der Waals surface area (Å²) < 4.78 is 0. The third kappa shape index (κ3) is 2.84. The molecule has 94 valence electrons. The maximum absolute atomic E-state index is 6.39. The van der Waals surface area contributed by atoms with E-state index in [0.29, 0.717) is 12.0 Å². The largest absolute Gasteiger partial charge is 0.366 e. The summed E-state index contributed by atoms with van der Waals surface area (Å²) in [6.45, 7) is 2.14. The fraction of sp³-hybridized carbons (Fsp3) is 0.923. The van der Waals surface area contributed by atoms with Gasteiger partial charge in [-0.3, -0.25) is 0 Å². The third-order valence-corrected chi connectivity index (χ3v) is 5.07. The molecule has 4 heteroatoms. The number of fused-ring (bicyclic) bond motifs is 1. The number of piperidine rings is 1. The molecule has 0 spiro atoms. The number of thiocarbonyl (C=S) groups is 1. The van der Waals surface area contributed by atoms with Crippen LogP contribution in [0.25, 0.3) is 0 Å². The second-order valence-corrected chi connectivity index (χ2v) is 6.66. The van der Waals surface area contributed by atoms with E-state index >= 15 is 0 Å². The minimum absolute atomic E-state index is 0.0824. The van der Waals surface area contributed by atoms with Gasteiger partial charge in [0, 0.05) is 19.1 Å². The van der Waals surface area contributed by atoms with E-state index in [2.05, 4.69) is 18.9 Å². The van der Waals surface area contributed by atoms with E-state index in [1.165, 1.54) is 12.8 Å². The normalized spacial score (nSPS) is 43.8. The zero-order chi connectivity index (χ0) is 12.6.